The fourth-order valence-corrected chi connectivity index (χ4v) is 2.93. The second-order valence-electron chi connectivity index (χ2n) is 5.52. The highest BCUT2D eigenvalue weighted by molar-refractivity contribution is 7.10. The summed E-state index contributed by atoms with van der Waals surface area (Å²) in [5.74, 6) is 0.684. The molecule has 4 heteroatoms. The topological polar surface area (TPSA) is 24.5 Å². The molecule has 1 heterocycles. The fraction of sp³-hybridized carbons (Fsp3) is 0.733. The van der Waals surface area contributed by atoms with Crippen LogP contribution in [0.4, 0.5) is 0 Å². The summed E-state index contributed by atoms with van der Waals surface area (Å²) in [6.07, 6.45) is 0. The zero-order valence-electron chi connectivity index (χ0n) is 12.8. The normalized spacial score (nSPS) is 15.1. The minimum Gasteiger partial charge on any atom is -0.383 e. The Morgan fingerprint density at radius 3 is 2.58 bits per heavy atom. The van der Waals surface area contributed by atoms with Crippen molar-refractivity contribution < 1.29 is 4.74 Å². The average molecular weight is 284 g/mol. The molecule has 0 saturated heterocycles. The predicted molar refractivity (Wildman–Crippen MR) is 83.9 cm³/mol. The first-order valence-electron chi connectivity index (χ1n) is 7.01. The molecule has 3 nitrogen and oxygen atoms in total. The summed E-state index contributed by atoms with van der Waals surface area (Å²) in [4.78, 5) is 3.82. The Morgan fingerprint density at radius 1 is 1.32 bits per heavy atom. The number of ether oxygens (including phenoxy) is 1. The Kier molecular flexibility index (Phi) is 7.61. The molecule has 0 radical (unpaired) electrons. The van der Waals surface area contributed by atoms with Crippen molar-refractivity contribution >= 4 is 11.3 Å². The maximum Gasteiger partial charge on any atom is 0.0630 e. The molecule has 0 aliphatic heterocycles. The van der Waals surface area contributed by atoms with E-state index in [2.05, 4.69) is 55.5 Å². The molecule has 0 aliphatic rings. The third-order valence-corrected chi connectivity index (χ3v) is 4.48. The van der Waals surface area contributed by atoms with E-state index in [1.54, 1.807) is 7.11 Å². The Morgan fingerprint density at radius 2 is 2.05 bits per heavy atom. The molecule has 1 rings (SSSR count). The van der Waals surface area contributed by atoms with Crippen molar-refractivity contribution in [1.82, 2.24) is 10.2 Å². The summed E-state index contributed by atoms with van der Waals surface area (Å²) in [6, 6.07) is 5.16. The van der Waals surface area contributed by atoms with E-state index in [0.717, 1.165) is 19.7 Å². The van der Waals surface area contributed by atoms with E-state index in [1.165, 1.54) is 4.88 Å². The Hall–Kier alpha value is -0.420. The minimum atomic E-state index is 0.404. The highest BCUT2D eigenvalue weighted by Gasteiger charge is 2.21. The Bertz CT molecular complexity index is 327. The Labute approximate surface area is 122 Å². The van der Waals surface area contributed by atoms with Crippen LogP contribution in [0.1, 0.15) is 31.7 Å². The molecular weight excluding hydrogens is 256 g/mol. The first kappa shape index (κ1) is 16.6. The van der Waals surface area contributed by atoms with Gasteiger partial charge in [0.15, 0.2) is 0 Å². The van der Waals surface area contributed by atoms with Crippen molar-refractivity contribution in [2.75, 3.05) is 33.9 Å². The van der Waals surface area contributed by atoms with Gasteiger partial charge in [-0.3, -0.25) is 4.90 Å². The molecule has 0 spiro atoms. The molecule has 110 valence electrons. The maximum absolute atomic E-state index is 5.37. The molecule has 1 N–H and O–H groups in total. The lowest BCUT2D eigenvalue weighted by Crippen LogP contribution is -2.44. The van der Waals surface area contributed by atoms with Gasteiger partial charge in [-0.2, -0.15) is 0 Å². The van der Waals surface area contributed by atoms with Crippen molar-refractivity contribution in [3.05, 3.63) is 22.4 Å². The fourth-order valence-electron chi connectivity index (χ4n) is 2.10. The molecule has 19 heavy (non-hydrogen) atoms. The predicted octanol–water partition coefficient (Wildman–Crippen LogP) is 3.00. The number of hydrogen-bond donors (Lipinski definition) is 1. The number of thiophene rings is 1. The van der Waals surface area contributed by atoms with E-state index in [0.29, 0.717) is 18.0 Å². The van der Waals surface area contributed by atoms with Crippen LogP contribution < -0.4 is 5.32 Å². The zero-order valence-corrected chi connectivity index (χ0v) is 13.7. The number of hydrogen-bond acceptors (Lipinski definition) is 4. The second kappa shape index (κ2) is 8.69. The molecule has 1 aromatic rings. The molecule has 0 aromatic carbocycles. The third kappa shape index (κ3) is 5.61. The van der Waals surface area contributed by atoms with Crippen LogP contribution in [0.2, 0.25) is 0 Å². The van der Waals surface area contributed by atoms with Gasteiger partial charge in [-0.1, -0.05) is 19.9 Å². The minimum absolute atomic E-state index is 0.404. The van der Waals surface area contributed by atoms with E-state index in [4.69, 9.17) is 4.74 Å². The van der Waals surface area contributed by atoms with Crippen molar-refractivity contribution in [3.63, 3.8) is 0 Å². The monoisotopic (exact) mass is 284 g/mol. The van der Waals surface area contributed by atoms with Gasteiger partial charge in [0.25, 0.3) is 0 Å². The second-order valence-corrected chi connectivity index (χ2v) is 6.50. The molecule has 0 amide bonds. The van der Waals surface area contributed by atoms with Crippen LogP contribution in [-0.4, -0.2) is 44.8 Å². The molecule has 2 unspecified atom stereocenters. The van der Waals surface area contributed by atoms with Crippen LogP contribution >= 0.6 is 11.3 Å². The van der Waals surface area contributed by atoms with Crippen molar-refractivity contribution in [1.29, 1.82) is 0 Å². The smallest absolute Gasteiger partial charge is 0.0630 e. The summed E-state index contributed by atoms with van der Waals surface area (Å²) < 4.78 is 5.37. The number of methoxy groups -OCH3 is 1. The van der Waals surface area contributed by atoms with Crippen LogP contribution in [-0.2, 0) is 4.74 Å². The summed E-state index contributed by atoms with van der Waals surface area (Å²) in [5, 5.41) is 5.67. The van der Waals surface area contributed by atoms with Gasteiger partial charge in [0.05, 0.1) is 6.61 Å². The van der Waals surface area contributed by atoms with Gasteiger partial charge in [-0.15, -0.1) is 11.3 Å². The van der Waals surface area contributed by atoms with Gasteiger partial charge in [0, 0.05) is 30.6 Å². The number of nitrogens with zero attached hydrogens (tertiary/aromatic N) is 1. The van der Waals surface area contributed by atoms with E-state index in [-0.39, 0.29) is 0 Å². The summed E-state index contributed by atoms with van der Waals surface area (Å²) in [6.45, 7) is 9.51. The third-order valence-electron chi connectivity index (χ3n) is 3.43. The number of likely N-dealkylation sites (N-methyl/N-ethyl adjacent to an activating group) is 1. The molecule has 2 atom stereocenters. The first-order valence-corrected chi connectivity index (χ1v) is 7.89. The molecule has 0 fully saturated rings. The summed E-state index contributed by atoms with van der Waals surface area (Å²) in [7, 11) is 3.96. The summed E-state index contributed by atoms with van der Waals surface area (Å²) in [5.41, 5.74) is 0. The van der Waals surface area contributed by atoms with Crippen molar-refractivity contribution in [3.8, 4) is 0 Å². The quantitative estimate of drug-likeness (QED) is 0.754. The summed E-state index contributed by atoms with van der Waals surface area (Å²) >= 11 is 1.82. The number of rotatable bonds is 9. The number of nitrogens with one attached hydrogen (secondary N) is 1. The van der Waals surface area contributed by atoms with Gasteiger partial charge >= 0.3 is 0 Å². The van der Waals surface area contributed by atoms with Gasteiger partial charge < -0.3 is 10.1 Å². The molecule has 0 aliphatic carbocycles. The largest absolute Gasteiger partial charge is 0.383 e. The van der Waals surface area contributed by atoms with Crippen LogP contribution in [0.3, 0.4) is 0 Å². The highest BCUT2D eigenvalue weighted by Crippen LogP contribution is 2.24. The van der Waals surface area contributed by atoms with E-state index < -0.39 is 0 Å². The maximum atomic E-state index is 5.37. The molecule has 0 bridgehead atoms. The van der Waals surface area contributed by atoms with Crippen molar-refractivity contribution in [2.45, 2.75) is 32.9 Å². The van der Waals surface area contributed by atoms with Crippen LogP contribution in [0, 0.1) is 5.92 Å². The van der Waals surface area contributed by atoms with E-state index in [1.807, 2.05) is 11.3 Å². The van der Waals surface area contributed by atoms with Crippen molar-refractivity contribution in [2.24, 2.45) is 5.92 Å². The first-order chi connectivity index (χ1) is 9.06. The lowest BCUT2D eigenvalue weighted by molar-refractivity contribution is 0.0842. The molecular formula is C15H28N2OS. The highest BCUT2D eigenvalue weighted by atomic mass is 32.1. The van der Waals surface area contributed by atoms with Crippen LogP contribution in [0.25, 0.3) is 0 Å². The standard InChI is InChI=1S/C15H28N2OS/c1-12(2)9-16-10-14(11-18-5)17(4)13(3)15-7-6-8-19-15/h6-8,12-14,16H,9-11H2,1-5H3. The van der Waals surface area contributed by atoms with Crippen LogP contribution in [0.15, 0.2) is 17.5 Å². The lowest BCUT2D eigenvalue weighted by Gasteiger charge is -2.32. The van der Waals surface area contributed by atoms with E-state index in [9.17, 15) is 0 Å². The molecule has 0 saturated carbocycles. The Balaban J connectivity index is 2.53. The SMILES string of the molecule is COCC(CNCC(C)C)N(C)C(C)c1cccs1. The van der Waals surface area contributed by atoms with Gasteiger partial charge in [0.1, 0.15) is 0 Å². The average Bonchev–Trinajstić information content (AvgIpc) is 2.89. The lowest BCUT2D eigenvalue weighted by atomic mass is 10.1. The van der Waals surface area contributed by atoms with Gasteiger partial charge in [-0.25, -0.2) is 0 Å². The molecule has 1 aromatic heterocycles. The van der Waals surface area contributed by atoms with Gasteiger partial charge in [-0.05, 0) is 37.9 Å². The van der Waals surface area contributed by atoms with E-state index >= 15 is 0 Å². The van der Waals surface area contributed by atoms with Crippen LogP contribution in [0.5, 0.6) is 0 Å². The zero-order chi connectivity index (χ0) is 14.3. The van der Waals surface area contributed by atoms with Gasteiger partial charge in [0.2, 0.25) is 0 Å².